The predicted molar refractivity (Wildman–Crippen MR) is 116 cm³/mol. The molecule has 1 fully saturated rings. The third-order valence-electron chi connectivity index (χ3n) is 5.68. The van der Waals surface area contributed by atoms with Crippen molar-refractivity contribution in [1.82, 2.24) is 0 Å². The van der Waals surface area contributed by atoms with Crippen molar-refractivity contribution >= 4 is 16.8 Å². The Hall–Kier alpha value is -2.95. The molecule has 0 saturated carbocycles. The number of fused-ring (bicyclic) bond motifs is 1. The Labute approximate surface area is 189 Å². The summed E-state index contributed by atoms with van der Waals surface area (Å²) in [5, 5.41) is 41.8. The van der Waals surface area contributed by atoms with Crippen molar-refractivity contribution in [1.29, 1.82) is 0 Å². The lowest BCUT2D eigenvalue weighted by Crippen LogP contribution is -2.60. The highest BCUT2D eigenvalue weighted by Gasteiger charge is 2.45. The second-order valence-electron chi connectivity index (χ2n) is 7.95. The molecule has 0 aliphatic carbocycles. The fourth-order valence-electron chi connectivity index (χ4n) is 3.89. The predicted octanol–water partition coefficient (Wildman–Crippen LogP) is 1.79. The van der Waals surface area contributed by atoms with Gasteiger partial charge in [-0.05, 0) is 42.3 Å². The Morgan fingerprint density at radius 3 is 2.67 bits per heavy atom. The first kappa shape index (κ1) is 23.2. The van der Waals surface area contributed by atoms with Crippen molar-refractivity contribution in [3.8, 4) is 11.5 Å². The van der Waals surface area contributed by atoms with E-state index in [1.807, 2.05) is 24.3 Å². The maximum absolute atomic E-state index is 13.0. The van der Waals surface area contributed by atoms with Crippen LogP contribution >= 0.6 is 0 Å². The van der Waals surface area contributed by atoms with Crippen LogP contribution < -0.4 is 4.74 Å². The highest BCUT2D eigenvalue weighted by Crippen LogP contribution is 2.32. The Kier molecular flexibility index (Phi) is 6.96. The zero-order valence-corrected chi connectivity index (χ0v) is 18.0. The molecule has 1 saturated heterocycles. The van der Waals surface area contributed by atoms with E-state index < -0.39 is 30.7 Å². The summed E-state index contributed by atoms with van der Waals surface area (Å²) in [6.07, 6.45) is -4.72. The second kappa shape index (κ2) is 9.90. The van der Waals surface area contributed by atoms with Crippen molar-refractivity contribution in [2.75, 3.05) is 13.7 Å². The molecule has 0 amide bonds. The van der Waals surface area contributed by atoms with Crippen LogP contribution in [0.1, 0.15) is 22.3 Å². The molecule has 0 unspecified atom stereocenters. The topological polar surface area (TPSA) is 139 Å². The van der Waals surface area contributed by atoms with E-state index in [9.17, 15) is 25.2 Å². The zero-order valence-electron chi connectivity index (χ0n) is 18.0. The molecule has 2 aromatic carbocycles. The molecule has 4 rings (SSSR count). The number of aliphatic hydroxyl groups excluding tert-OH is 3. The maximum Gasteiger partial charge on any atom is 0.229 e. The van der Waals surface area contributed by atoms with E-state index >= 15 is 0 Å². The van der Waals surface area contributed by atoms with Gasteiger partial charge in [0, 0.05) is 18.9 Å². The summed E-state index contributed by atoms with van der Waals surface area (Å²) in [6, 6.07) is 11.8. The molecule has 9 nitrogen and oxygen atoms in total. The smallest absolute Gasteiger partial charge is 0.229 e. The lowest BCUT2D eigenvalue weighted by atomic mass is 9.98. The van der Waals surface area contributed by atoms with Gasteiger partial charge in [-0.2, -0.15) is 0 Å². The highest BCUT2D eigenvalue weighted by molar-refractivity contribution is 6.01. The van der Waals surface area contributed by atoms with Crippen LogP contribution in [0.2, 0.25) is 0 Å². The van der Waals surface area contributed by atoms with E-state index in [4.69, 9.17) is 18.6 Å². The summed E-state index contributed by atoms with van der Waals surface area (Å²) in [5.41, 5.74) is 1.63. The van der Waals surface area contributed by atoms with Crippen LogP contribution in [0.5, 0.6) is 11.5 Å². The number of ether oxygens (including phenoxy) is 3. The summed E-state index contributed by atoms with van der Waals surface area (Å²) in [6.45, 7) is -0.0440. The lowest BCUT2D eigenvalue weighted by molar-refractivity contribution is -0.278. The van der Waals surface area contributed by atoms with Crippen molar-refractivity contribution in [2.24, 2.45) is 0 Å². The number of phenols is 1. The van der Waals surface area contributed by atoms with Crippen LogP contribution in [-0.4, -0.2) is 70.6 Å². The Morgan fingerprint density at radius 1 is 1.06 bits per heavy atom. The van der Waals surface area contributed by atoms with Crippen LogP contribution in [0.4, 0.5) is 0 Å². The van der Waals surface area contributed by atoms with Crippen LogP contribution in [0.15, 0.2) is 53.1 Å². The monoisotopic (exact) mass is 458 g/mol. The molecule has 176 valence electrons. The number of Topliss-reactive ketones (excluding diaryl/α,β-unsaturated/α-hetero) is 1. The van der Waals surface area contributed by atoms with Gasteiger partial charge in [-0.25, -0.2) is 0 Å². The van der Waals surface area contributed by atoms with E-state index in [0.717, 1.165) is 16.5 Å². The van der Waals surface area contributed by atoms with Crippen molar-refractivity contribution < 1.29 is 43.8 Å². The Morgan fingerprint density at radius 2 is 1.88 bits per heavy atom. The number of methoxy groups -OCH3 is 1. The number of rotatable bonds is 8. The molecule has 5 atom stereocenters. The van der Waals surface area contributed by atoms with E-state index in [-0.39, 0.29) is 35.9 Å². The van der Waals surface area contributed by atoms with E-state index in [0.29, 0.717) is 6.42 Å². The number of phenolic OH excluding ortho intramolecular Hbond substituents is 1. The summed E-state index contributed by atoms with van der Waals surface area (Å²) in [5.74, 6) is -0.647. The van der Waals surface area contributed by atoms with Gasteiger partial charge >= 0.3 is 0 Å². The van der Waals surface area contributed by atoms with Gasteiger partial charge in [0.25, 0.3) is 0 Å². The number of aliphatic hydroxyl groups is 3. The first-order valence-electron chi connectivity index (χ1n) is 10.6. The number of hydrogen-bond donors (Lipinski definition) is 4. The molecular formula is C24H26O9. The molecule has 1 aliphatic rings. The normalized spacial score (nSPS) is 25.3. The second-order valence-corrected chi connectivity index (χ2v) is 7.95. The number of carbonyl (C=O) groups is 1. The van der Waals surface area contributed by atoms with E-state index in [1.165, 1.54) is 25.3 Å². The number of hydrogen-bond acceptors (Lipinski definition) is 9. The molecule has 0 bridgehead atoms. The lowest BCUT2D eigenvalue weighted by Gasteiger charge is -2.40. The number of furan rings is 1. The van der Waals surface area contributed by atoms with E-state index in [1.54, 1.807) is 6.26 Å². The maximum atomic E-state index is 13.0. The van der Waals surface area contributed by atoms with Crippen LogP contribution in [-0.2, 0) is 15.9 Å². The van der Waals surface area contributed by atoms with Crippen LogP contribution in [0.25, 0.3) is 11.0 Å². The largest absolute Gasteiger partial charge is 0.507 e. The van der Waals surface area contributed by atoms with Gasteiger partial charge in [-0.15, -0.1) is 0 Å². The van der Waals surface area contributed by atoms with E-state index in [2.05, 4.69) is 0 Å². The number of aromatic hydroxyl groups is 1. The summed E-state index contributed by atoms with van der Waals surface area (Å²) < 4.78 is 21.6. The first-order chi connectivity index (χ1) is 15.9. The average Bonchev–Trinajstić information content (AvgIpc) is 3.27. The Balaban J connectivity index is 1.50. The minimum atomic E-state index is -1.58. The zero-order chi connectivity index (χ0) is 23.5. The van der Waals surface area contributed by atoms with Gasteiger partial charge in [0.15, 0.2) is 5.78 Å². The number of carbonyl (C=O) groups excluding carboxylic acids is 1. The summed E-state index contributed by atoms with van der Waals surface area (Å²) in [7, 11) is 1.40. The van der Waals surface area contributed by atoms with Gasteiger partial charge in [0.2, 0.25) is 6.29 Å². The van der Waals surface area contributed by atoms with Crippen LogP contribution in [0.3, 0.4) is 0 Å². The van der Waals surface area contributed by atoms with Gasteiger partial charge in [0.05, 0.1) is 12.9 Å². The molecule has 0 spiro atoms. The van der Waals surface area contributed by atoms with Crippen molar-refractivity contribution in [2.45, 2.75) is 43.5 Å². The molecule has 9 heteroatoms. The molecule has 33 heavy (non-hydrogen) atoms. The highest BCUT2D eigenvalue weighted by atomic mass is 16.7. The molecule has 0 radical (unpaired) electrons. The minimum Gasteiger partial charge on any atom is -0.507 e. The fourth-order valence-corrected chi connectivity index (χ4v) is 3.89. The summed E-state index contributed by atoms with van der Waals surface area (Å²) in [4.78, 5) is 13.0. The molecule has 4 N–H and O–H groups in total. The summed E-state index contributed by atoms with van der Waals surface area (Å²) >= 11 is 0. The SMILES string of the molecule is COC[C@H]1O[C@@H](Oc2cccc(O)c2C(=O)CCc2ccc3occc3c2)[C@H](O)[C@@H](O)[C@@H]1O. The third kappa shape index (κ3) is 4.87. The Bertz CT molecular complexity index is 1110. The minimum absolute atomic E-state index is 0.00547. The molecule has 1 aliphatic heterocycles. The first-order valence-corrected chi connectivity index (χ1v) is 10.6. The molecule has 3 aromatic rings. The number of aryl methyl sites for hydroxylation is 1. The number of ketones is 1. The van der Waals surface area contributed by atoms with Gasteiger partial charge in [-0.1, -0.05) is 12.1 Å². The third-order valence-corrected chi connectivity index (χ3v) is 5.68. The van der Waals surface area contributed by atoms with Crippen LogP contribution in [0, 0.1) is 0 Å². The van der Waals surface area contributed by atoms with Gasteiger partial charge in [0.1, 0.15) is 47.1 Å². The van der Waals surface area contributed by atoms with Gasteiger partial charge in [-0.3, -0.25) is 4.79 Å². The van der Waals surface area contributed by atoms with Crippen molar-refractivity contribution in [3.05, 3.63) is 59.9 Å². The molecular weight excluding hydrogens is 432 g/mol. The van der Waals surface area contributed by atoms with Crippen molar-refractivity contribution in [3.63, 3.8) is 0 Å². The standard InChI is InChI=1S/C24H26O9/c1-30-12-19-21(27)22(28)23(29)24(33-19)32-18-4-2-3-15(25)20(18)16(26)7-5-13-6-8-17-14(11-13)9-10-31-17/h2-4,6,8-11,19,21-25,27-29H,5,7,12H2,1H3/t19-,21-,22+,23-,24-/m1/s1. The molecule has 1 aromatic heterocycles. The number of benzene rings is 2. The fraction of sp³-hybridized carbons (Fsp3) is 0.375. The average molecular weight is 458 g/mol. The van der Waals surface area contributed by atoms with Gasteiger partial charge < -0.3 is 39.1 Å². The quantitative estimate of drug-likeness (QED) is 0.372. The molecule has 2 heterocycles.